The summed E-state index contributed by atoms with van der Waals surface area (Å²) < 4.78 is 10.8. The number of carbonyl (C=O) groups is 1. The molecule has 0 saturated carbocycles. The number of nitrogen functional groups attached to an aromatic ring is 1. The molecule has 6 heteroatoms. The molecule has 2 N–H and O–H groups in total. The molecule has 3 rings (SSSR count). The number of benzene rings is 2. The highest BCUT2D eigenvalue weighted by Crippen LogP contribution is 2.31. The Bertz CT molecular complexity index is 862. The van der Waals surface area contributed by atoms with Gasteiger partial charge in [0.05, 0.1) is 19.9 Å². The molecule has 148 valence electrons. The van der Waals surface area contributed by atoms with Crippen molar-refractivity contribution in [1.29, 1.82) is 0 Å². The van der Waals surface area contributed by atoms with Crippen molar-refractivity contribution < 1.29 is 14.3 Å². The summed E-state index contributed by atoms with van der Waals surface area (Å²) in [6, 6.07) is 13.5. The van der Waals surface area contributed by atoms with Crippen LogP contribution in [0.2, 0.25) is 0 Å². The molecule has 1 unspecified atom stereocenters. The number of nitrogens with zero attached hydrogens (tertiary/aromatic N) is 2. The van der Waals surface area contributed by atoms with Crippen LogP contribution in [0.3, 0.4) is 0 Å². The smallest absolute Gasteiger partial charge is 0.243 e. The minimum absolute atomic E-state index is 0.0616. The van der Waals surface area contributed by atoms with Crippen LogP contribution in [0.5, 0.6) is 11.5 Å². The second-order valence-electron chi connectivity index (χ2n) is 6.87. The van der Waals surface area contributed by atoms with Gasteiger partial charge in [-0.3, -0.25) is 4.79 Å². The van der Waals surface area contributed by atoms with Crippen LogP contribution in [0.1, 0.15) is 30.9 Å². The summed E-state index contributed by atoms with van der Waals surface area (Å²) in [5.74, 6) is 1.49. The van der Waals surface area contributed by atoms with Crippen LogP contribution < -0.4 is 15.2 Å². The van der Waals surface area contributed by atoms with Crippen LogP contribution in [0.25, 0.3) is 0 Å². The number of hydrogen-bond donors (Lipinski definition) is 1. The SMILES string of the molecule is CCC1CC(=O)N(CCc2ccc(N)cc2)N=C1c1ccc(OC)c(OC)c1. The minimum Gasteiger partial charge on any atom is -0.493 e. The zero-order valence-corrected chi connectivity index (χ0v) is 16.6. The quantitative estimate of drug-likeness (QED) is 0.745. The Morgan fingerprint density at radius 2 is 1.82 bits per heavy atom. The highest BCUT2D eigenvalue weighted by atomic mass is 16.5. The number of anilines is 1. The molecule has 1 aliphatic heterocycles. The van der Waals surface area contributed by atoms with Gasteiger partial charge < -0.3 is 15.2 Å². The van der Waals surface area contributed by atoms with E-state index in [-0.39, 0.29) is 11.8 Å². The van der Waals surface area contributed by atoms with Crippen LogP contribution in [-0.2, 0) is 11.2 Å². The largest absolute Gasteiger partial charge is 0.493 e. The fourth-order valence-electron chi connectivity index (χ4n) is 3.40. The molecular weight excluding hydrogens is 354 g/mol. The van der Waals surface area contributed by atoms with Crippen molar-refractivity contribution >= 4 is 17.3 Å². The average molecular weight is 381 g/mol. The van der Waals surface area contributed by atoms with Gasteiger partial charge in [0.25, 0.3) is 0 Å². The van der Waals surface area contributed by atoms with E-state index in [0.717, 1.165) is 35.4 Å². The van der Waals surface area contributed by atoms with Crippen LogP contribution in [0.15, 0.2) is 47.6 Å². The van der Waals surface area contributed by atoms with Gasteiger partial charge in [-0.05, 0) is 48.7 Å². The predicted molar refractivity (Wildman–Crippen MR) is 111 cm³/mol. The molecule has 1 atom stereocenters. The fraction of sp³-hybridized carbons (Fsp3) is 0.364. The molecule has 0 radical (unpaired) electrons. The topological polar surface area (TPSA) is 77.2 Å². The molecule has 1 amide bonds. The second kappa shape index (κ2) is 8.78. The van der Waals surface area contributed by atoms with Gasteiger partial charge in [0, 0.05) is 30.1 Å². The van der Waals surface area contributed by atoms with E-state index in [1.54, 1.807) is 19.2 Å². The normalized spacial score (nSPS) is 16.7. The first-order chi connectivity index (χ1) is 13.5. The molecule has 0 saturated heterocycles. The molecule has 0 aromatic heterocycles. The van der Waals surface area contributed by atoms with E-state index in [9.17, 15) is 4.79 Å². The van der Waals surface area contributed by atoms with E-state index >= 15 is 0 Å². The number of methoxy groups -OCH3 is 2. The van der Waals surface area contributed by atoms with Crippen LogP contribution in [0.4, 0.5) is 5.69 Å². The fourth-order valence-corrected chi connectivity index (χ4v) is 3.40. The summed E-state index contributed by atoms with van der Waals surface area (Å²) in [5, 5.41) is 6.32. The molecule has 0 fully saturated rings. The van der Waals surface area contributed by atoms with Crippen molar-refractivity contribution in [2.45, 2.75) is 26.2 Å². The lowest BCUT2D eigenvalue weighted by Crippen LogP contribution is -2.38. The number of carbonyl (C=O) groups excluding carboxylic acids is 1. The summed E-state index contributed by atoms with van der Waals surface area (Å²) in [7, 11) is 3.23. The van der Waals surface area contributed by atoms with E-state index in [1.807, 2.05) is 42.5 Å². The van der Waals surface area contributed by atoms with Gasteiger partial charge in [-0.25, -0.2) is 5.01 Å². The highest BCUT2D eigenvalue weighted by Gasteiger charge is 2.29. The van der Waals surface area contributed by atoms with Crippen molar-refractivity contribution in [2.24, 2.45) is 11.0 Å². The van der Waals surface area contributed by atoms with Gasteiger partial charge >= 0.3 is 0 Å². The molecule has 0 spiro atoms. The van der Waals surface area contributed by atoms with Crippen molar-refractivity contribution in [3.63, 3.8) is 0 Å². The second-order valence-corrected chi connectivity index (χ2v) is 6.87. The van der Waals surface area contributed by atoms with Gasteiger partial charge in [-0.15, -0.1) is 0 Å². The third kappa shape index (κ3) is 4.27. The molecule has 0 bridgehead atoms. The minimum atomic E-state index is 0.0616. The van der Waals surface area contributed by atoms with Gasteiger partial charge in [-0.1, -0.05) is 19.1 Å². The Hall–Kier alpha value is -3.02. The maximum absolute atomic E-state index is 12.6. The van der Waals surface area contributed by atoms with Gasteiger partial charge in [0.2, 0.25) is 5.91 Å². The summed E-state index contributed by atoms with van der Waals surface area (Å²) in [4.78, 5) is 12.6. The maximum Gasteiger partial charge on any atom is 0.243 e. The van der Waals surface area contributed by atoms with Crippen molar-refractivity contribution in [2.75, 3.05) is 26.5 Å². The lowest BCUT2D eigenvalue weighted by atomic mass is 9.89. The molecule has 2 aromatic rings. The first-order valence-electron chi connectivity index (χ1n) is 9.51. The van der Waals surface area contributed by atoms with Gasteiger partial charge in [0.1, 0.15) is 0 Å². The van der Waals surface area contributed by atoms with E-state index < -0.39 is 0 Å². The molecule has 1 aliphatic rings. The first kappa shape index (κ1) is 19.7. The van der Waals surface area contributed by atoms with Crippen molar-refractivity contribution in [1.82, 2.24) is 5.01 Å². The van der Waals surface area contributed by atoms with E-state index in [1.165, 1.54) is 0 Å². The van der Waals surface area contributed by atoms with Gasteiger partial charge in [-0.2, -0.15) is 5.10 Å². The van der Waals surface area contributed by atoms with Crippen LogP contribution >= 0.6 is 0 Å². The van der Waals surface area contributed by atoms with E-state index in [0.29, 0.717) is 24.5 Å². The number of ether oxygens (including phenoxy) is 2. The van der Waals surface area contributed by atoms with Crippen molar-refractivity contribution in [3.8, 4) is 11.5 Å². The Kier molecular flexibility index (Phi) is 6.19. The first-order valence-corrected chi connectivity index (χ1v) is 9.51. The van der Waals surface area contributed by atoms with Crippen LogP contribution in [0, 0.1) is 5.92 Å². The Morgan fingerprint density at radius 1 is 1.11 bits per heavy atom. The standard InChI is InChI=1S/C22H27N3O3/c1-4-16-14-21(26)25(12-11-15-5-8-18(23)9-6-15)24-22(16)17-7-10-19(27-2)20(13-17)28-3/h5-10,13,16H,4,11-12,14,23H2,1-3H3. The number of rotatable bonds is 7. The maximum atomic E-state index is 12.6. The van der Waals surface area contributed by atoms with Crippen LogP contribution in [-0.4, -0.2) is 37.4 Å². The zero-order valence-electron chi connectivity index (χ0n) is 16.6. The Morgan fingerprint density at radius 3 is 2.46 bits per heavy atom. The predicted octanol–water partition coefficient (Wildman–Crippen LogP) is 3.49. The van der Waals surface area contributed by atoms with Crippen molar-refractivity contribution in [3.05, 3.63) is 53.6 Å². The Balaban J connectivity index is 1.85. The molecule has 1 heterocycles. The lowest BCUT2D eigenvalue weighted by molar-refractivity contribution is -0.132. The Labute approximate surface area is 165 Å². The number of amides is 1. The summed E-state index contributed by atoms with van der Waals surface area (Å²) in [6.45, 7) is 2.62. The molecule has 6 nitrogen and oxygen atoms in total. The number of hydrogen-bond acceptors (Lipinski definition) is 5. The third-order valence-electron chi connectivity index (χ3n) is 5.09. The number of hydrazone groups is 1. The monoisotopic (exact) mass is 381 g/mol. The summed E-state index contributed by atoms with van der Waals surface area (Å²) in [5.41, 5.74) is 9.47. The average Bonchev–Trinajstić information content (AvgIpc) is 2.73. The molecule has 0 aliphatic carbocycles. The van der Waals surface area contributed by atoms with Gasteiger partial charge in [0.15, 0.2) is 11.5 Å². The molecular formula is C22H27N3O3. The number of nitrogens with two attached hydrogens (primary N) is 1. The van der Waals surface area contributed by atoms with E-state index in [4.69, 9.17) is 20.3 Å². The zero-order chi connectivity index (χ0) is 20.1. The summed E-state index contributed by atoms with van der Waals surface area (Å²) >= 11 is 0. The summed E-state index contributed by atoms with van der Waals surface area (Å²) in [6.07, 6.45) is 2.04. The molecule has 2 aromatic carbocycles. The third-order valence-corrected chi connectivity index (χ3v) is 5.09. The van der Waals surface area contributed by atoms with E-state index in [2.05, 4.69) is 6.92 Å². The lowest BCUT2D eigenvalue weighted by Gasteiger charge is -2.29. The molecule has 28 heavy (non-hydrogen) atoms. The highest BCUT2D eigenvalue weighted by molar-refractivity contribution is 6.06.